The van der Waals surface area contributed by atoms with Crippen molar-refractivity contribution in [3.63, 3.8) is 0 Å². The zero-order chi connectivity index (χ0) is 21.4. The Balaban J connectivity index is 1.74. The van der Waals surface area contributed by atoms with Gasteiger partial charge in [-0.2, -0.15) is 0 Å². The molecule has 0 aromatic heterocycles. The molecule has 5 heteroatoms. The van der Waals surface area contributed by atoms with Crippen molar-refractivity contribution in [2.24, 2.45) is 0 Å². The van der Waals surface area contributed by atoms with Gasteiger partial charge in [-0.25, -0.2) is 4.79 Å². The third-order valence-corrected chi connectivity index (χ3v) is 5.70. The summed E-state index contributed by atoms with van der Waals surface area (Å²) < 4.78 is 21.9. The summed E-state index contributed by atoms with van der Waals surface area (Å²) in [5, 5.41) is 0. The van der Waals surface area contributed by atoms with Crippen LogP contribution in [0.15, 0.2) is 72.3 Å². The highest BCUT2D eigenvalue weighted by Gasteiger charge is 2.38. The van der Waals surface area contributed by atoms with Gasteiger partial charge in [0.1, 0.15) is 5.75 Å². The fraction of sp³-hybridized carbons (Fsp3) is 0.192. The summed E-state index contributed by atoms with van der Waals surface area (Å²) in [5.74, 6) is 1.61. The molecule has 0 saturated heterocycles. The number of ether oxygens (including phenoxy) is 4. The van der Waals surface area contributed by atoms with E-state index < -0.39 is 0 Å². The van der Waals surface area contributed by atoms with Crippen LogP contribution in [0, 0.1) is 0 Å². The largest absolute Gasteiger partial charge is 0.497 e. The number of hydrogen-bond acceptors (Lipinski definition) is 5. The first kappa shape index (κ1) is 19.2. The minimum Gasteiger partial charge on any atom is -0.497 e. The highest BCUT2D eigenvalue weighted by atomic mass is 16.7. The van der Waals surface area contributed by atoms with Gasteiger partial charge >= 0.3 is 5.97 Å². The van der Waals surface area contributed by atoms with E-state index in [0.717, 1.165) is 33.6 Å². The summed E-state index contributed by atoms with van der Waals surface area (Å²) in [5.41, 5.74) is 5.50. The van der Waals surface area contributed by atoms with Crippen LogP contribution in [-0.4, -0.2) is 26.5 Å². The van der Waals surface area contributed by atoms with Gasteiger partial charge in [-0.15, -0.1) is 0 Å². The van der Waals surface area contributed by atoms with E-state index in [-0.39, 0.29) is 18.7 Å². The Hall–Kier alpha value is -3.73. The molecular formula is C26H22O5. The van der Waals surface area contributed by atoms with Crippen LogP contribution >= 0.6 is 0 Å². The third-order valence-electron chi connectivity index (χ3n) is 5.70. The number of carbonyl (C=O) groups is 1. The van der Waals surface area contributed by atoms with Gasteiger partial charge in [0, 0.05) is 11.5 Å². The molecule has 2 aliphatic rings. The topological polar surface area (TPSA) is 54.0 Å². The Morgan fingerprint density at radius 1 is 1.00 bits per heavy atom. The summed E-state index contributed by atoms with van der Waals surface area (Å²) in [7, 11) is 1.64. The van der Waals surface area contributed by atoms with Gasteiger partial charge in [0.15, 0.2) is 11.5 Å². The first-order valence-electron chi connectivity index (χ1n) is 10.3. The zero-order valence-electron chi connectivity index (χ0n) is 17.4. The summed E-state index contributed by atoms with van der Waals surface area (Å²) in [6, 6.07) is 21.7. The Morgan fingerprint density at radius 2 is 1.77 bits per heavy atom. The maximum atomic E-state index is 13.3. The minimum atomic E-state index is -0.313. The molecule has 1 aliphatic carbocycles. The normalized spacial score (nSPS) is 16.3. The molecule has 0 N–H and O–H groups in total. The molecule has 0 radical (unpaired) electrons. The molecule has 1 atom stereocenters. The average Bonchev–Trinajstić information content (AvgIpc) is 3.41. The van der Waals surface area contributed by atoms with E-state index in [2.05, 4.69) is 12.1 Å². The van der Waals surface area contributed by atoms with Crippen molar-refractivity contribution in [3.05, 3.63) is 94.6 Å². The van der Waals surface area contributed by atoms with Crippen molar-refractivity contribution in [2.75, 3.05) is 20.5 Å². The van der Waals surface area contributed by atoms with Crippen LogP contribution in [0.3, 0.4) is 0 Å². The van der Waals surface area contributed by atoms with E-state index in [4.69, 9.17) is 18.9 Å². The highest BCUT2D eigenvalue weighted by molar-refractivity contribution is 6.07. The molecule has 31 heavy (non-hydrogen) atoms. The lowest BCUT2D eigenvalue weighted by atomic mass is 9.88. The number of rotatable bonds is 5. The molecule has 0 bridgehead atoms. The van der Waals surface area contributed by atoms with Crippen LogP contribution in [0.4, 0.5) is 0 Å². The molecule has 156 valence electrons. The molecule has 5 nitrogen and oxygen atoms in total. The molecule has 1 unspecified atom stereocenters. The lowest BCUT2D eigenvalue weighted by Gasteiger charge is -2.17. The molecule has 1 aliphatic heterocycles. The first-order valence-corrected chi connectivity index (χ1v) is 10.3. The summed E-state index contributed by atoms with van der Waals surface area (Å²) >= 11 is 0. The predicted octanol–water partition coefficient (Wildman–Crippen LogP) is 4.93. The second-order valence-corrected chi connectivity index (χ2v) is 7.37. The lowest BCUT2D eigenvalue weighted by Crippen LogP contribution is -2.14. The molecule has 3 aromatic carbocycles. The van der Waals surface area contributed by atoms with Gasteiger partial charge < -0.3 is 18.9 Å². The maximum Gasteiger partial charge on any atom is 0.335 e. The molecule has 3 aromatic rings. The second-order valence-electron chi connectivity index (χ2n) is 7.37. The number of fused-ring (bicyclic) bond motifs is 2. The minimum absolute atomic E-state index is 0.202. The molecule has 0 spiro atoms. The Labute approximate surface area is 180 Å². The zero-order valence-corrected chi connectivity index (χ0v) is 17.4. The third kappa shape index (κ3) is 3.22. The van der Waals surface area contributed by atoms with Gasteiger partial charge in [-0.3, -0.25) is 0 Å². The molecule has 0 fully saturated rings. The van der Waals surface area contributed by atoms with Crippen LogP contribution in [-0.2, 0) is 9.53 Å². The van der Waals surface area contributed by atoms with Crippen LogP contribution < -0.4 is 14.2 Å². The predicted molar refractivity (Wildman–Crippen MR) is 116 cm³/mol. The second kappa shape index (κ2) is 7.84. The number of methoxy groups -OCH3 is 1. The number of benzene rings is 3. The van der Waals surface area contributed by atoms with E-state index in [0.29, 0.717) is 23.7 Å². The van der Waals surface area contributed by atoms with Crippen LogP contribution in [0.1, 0.15) is 35.1 Å². The van der Waals surface area contributed by atoms with Crippen molar-refractivity contribution in [1.29, 1.82) is 0 Å². The fourth-order valence-electron chi connectivity index (χ4n) is 4.36. The van der Waals surface area contributed by atoms with Crippen molar-refractivity contribution in [3.8, 4) is 17.2 Å². The SMILES string of the molecule is CCOC(=O)C1=C(c2ccc3c(c2)OCO3)c2ccccc2C1c1ccc(OC)cc1. The lowest BCUT2D eigenvalue weighted by molar-refractivity contribution is -0.138. The number of carbonyl (C=O) groups excluding carboxylic acids is 1. The summed E-state index contributed by atoms with van der Waals surface area (Å²) in [6.07, 6.45) is 0. The van der Waals surface area contributed by atoms with Crippen molar-refractivity contribution < 1.29 is 23.7 Å². The summed E-state index contributed by atoms with van der Waals surface area (Å²) in [4.78, 5) is 13.3. The molecular weight excluding hydrogens is 392 g/mol. The standard InChI is InChI=1S/C26H22O5/c1-3-29-26(27)25-23(16-8-11-18(28-2)12-9-16)19-6-4-5-7-20(19)24(25)17-10-13-21-22(14-17)31-15-30-21/h4-14,23H,3,15H2,1-2H3. The quantitative estimate of drug-likeness (QED) is 0.554. The molecule has 5 rings (SSSR count). The number of esters is 1. The van der Waals surface area contributed by atoms with E-state index >= 15 is 0 Å². The smallest absolute Gasteiger partial charge is 0.335 e. The van der Waals surface area contributed by atoms with Gasteiger partial charge in [0.2, 0.25) is 6.79 Å². The molecule has 1 heterocycles. The Morgan fingerprint density at radius 3 is 2.55 bits per heavy atom. The first-order chi connectivity index (χ1) is 15.2. The van der Waals surface area contributed by atoms with E-state index in [1.54, 1.807) is 7.11 Å². The van der Waals surface area contributed by atoms with Gasteiger partial charge in [-0.1, -0.05) is 42.5 Å². The Bertz CT molecular complexity index is 1180. The van der Waals surface area contributed by atoms with E-state index in [1.807, 2.05) is 61.5 Å². The van der Waals surface area contributed by atoms with E-state index in [9.17, 15) is 4.79 Å². The molecule has 0 amide bonds. The van der Waals surface area contributed by atoms with E-state index in [1.165, 1.54) is 0 Å². The fourth-order valence-corrected chi connectivity index (χ4v) is 4.36. The highest BCUT2D eigenvalue weighted by Crippen LogP contribution is 2.49. The monoisotopic (exact) mass is 414 g/mol. The van der Waals surface area contributed by atoms with Crippen molar-refractivity contribution in [2.45, 2.75) is 12.8 Å². The van der Waals surface area contributed by atoms with Crippen molar-refractivity contribution >= 4 is 11.5 Å². The maximum absolute atomic E-state index is 13.3. The van der Waals surface area contributed by atoms with Crippen LogP contribution in [0.5, 0.6) is 17.2 Å². The average molecular weight is 414 g/mol. The Kier molecular flexibility index (Phi) is 4.86. The number of hydrogen-bond donors (Lipinski definition) is 0. The van der Waals surface area contributed by atoms with Crippen LogP contribution in [0.2, 0.25) is 0 Å². The van der Waals surface area contributed by atoms with Gasteiger partial charge in [0.05, 0.1) is 19.3 Å². The van der Waals surface area contributed by atoms with Gasteiger partial charge in [0.25, 0.3) is 0 Å². The molecule has 0 saturated carbocycles. The summed E-state index contributed by atoms with van der Waals surface area (Å²) in [6.45, 7) is 2.33. The van der Waals surface area contributed by atoms with Crippen LogP contribution in [0.25, 0.3) is 5.57 Å². The van der Waals surface area contributed by atoms with Gasteiger partial charge in [-0.05, 0) is 53.4 Å². The van der Waals surface area contributed by atoms with Crippen molar-refractivity contribution in [1.82, 2.24) is 0 Å².